The van der Waals surface area contributed by atoms with Gasteiger partial charge in [-0.05, 0) is 24.2 Å². The summed E-state index contributed by atoms with van der Waals surface area (Å²) in [5.41, 5.74) is 7.82. The van der Waals surface area contributed by atoms with Crippen LogP contribution in [0.5, 0.6) is 0 Å². The van der Waals surface area contributed by atoms with Crippen LogP contribution in [0.15, 0.2) is 29.6 Å². The molecule has 84 valence electrons. The molecule has 2 aromatic rings. The second-order valence-corrected chi connectivity index (χ2v) is 4.95. The molecule has 2 rings (SSSR count). The number of hydrogen-bond donors (Lipinski definition) is 1. The lowest BCUT2D eigenvalue weighted by Gasteiger charge is -1.97. The van der Waals surface area contributed by atoms with Gasteiger partial charge in [-0.25, -0.2) is 4.98 Å². The standard InChI is InChI=1S/C12H13ClN2S/c13-10-3-1-9(2-4-10)7-12-15-11(5-6-14)8-16-12/h1-4,8H,5-7,14H2. The average molecular weight is 253 g/mol. The molecule has 1 heterocycles. The van der Waals surface area contributed by atoms with Crippen molar-refractivity contribution in [3.8, 4) is 0 Å². The summed E-state index contributed by atoms with van der Waals surface area (Å²) in [6.45, 7) is 0.657. The summed E-state index contributed by atoms with van der Waals surface area (Å²) in [7, 11) is 0. The highest BCUT2D eigenvalue weighted by Crippen LogP contribution is 2.16. The zero-order valence-electron chi connectivity index (χ0n) is 8.82. The summed E-state index contributed by atoms with van der Waals surface area (Å²) in [6.07, 6.45) is 1.73. The van der Waals surface area contributed by atoms with Crippen LogP contribution in [0.3, 0.4) is 0 Å². The molecule has 0 fully saturated rings. The summed E-state index contributed by atoms with van der Waals surface area (Å²) >= 11 is 7.52. The van der Waals surface area contributed by atoms with Crippen molar-refractivity contribution in [3.63, 3.8) is 0 Å². The molecule has 0 aliphatic rings. The fourth-order valence-electron chi connectivity index (χ4n) is 1.47. The Morgan fingerprint density at radius 3 is 2.69 bits per heavy atom. The van der Waals surface area contributed by atoms with Gasteiger partial charge in [-0.3, -0.25) is 0 Å². The minimum absolute atomic E-state index is 0.657. The summed E-state index contributed by atoms with van der Waals surface area (Å²) in [5.74, 6) is 0. The summed E-state index contributed by atoms with van der Waals surface area (Å²) in [6, 6.07) is 7.88. The Morgan fingerprint density at radius 1 is 1.25 bits per heavy atom. The maximum absolute atomic E-state index is 5.83. The Hall–Kier alpha value is -0.900. The average Bonchev–Trinajstić information content (AvgIpc) is 2.70. The molecule has 16 heavy (non-hydrogen) atoms. The van der Waals surface area contributed by atoms with E-state index in [1.54, 1.807) is 11.3 Å². The van der Waals surface area contributed by atoms with Gasteiger partial charge in [0.15, 0.2) is 0 Å². The van der Waals surface area contributed by atoms with Crippen LogP contribution < -0.4 is 5.73 Å². The zero-order valence-corrected chi connectivity index (χ0v) is 10.4. The molecule has 0 radical (unpaired) electrons. The predicted molar refractivity (Wildman–Crippen MR) is 69.1 cm³/mol. The van der Waals surface area contributed by atoms with Crippen molar-refractivity contribution >= 4 is 22.9 Å². The van der Waals surface area contributed by atoms with Crippen molar-refractivity contribution in [2.45, 2.75) is 12.8 Å². The number of thiazole rings is 1. The Labute approximate surface area is 104 Å². The molecule has 0 bridgehead atoms. The lowest BCUT2D eigenvalue weighted by molar-refractivity contribution is 0.922. The van der Waals surface area contributed by atoms with Gasteiger partial charge in [0, 0.05) is 23.2 Å². The van der Waals surface area contributed by atoms with E-state index in [0.717, 1.165) is 28.6 Å². The maximum Gasteiger partial charge on any atom is 0.0972 e. The number of nitrogens with two attached hydrogens (primary N) is 1. The van der Waals surface area contributed by atoms with Gasteiger partial charge in [-0.15, -0.1) is 11.3 Å². The Balaban J connectivity index is 2.05. The lowest BCUT2D eigenvalue weighted by atomic mass is 10.2. The van der Waals surface area contributed by atoms with Gasteiger partial charge in [0.2, 0.25) is 0 Å². The van der Waals surface area contributed by atoms with Crippen LogP contribution in [0.4, 0.5) is 0 Å². The van der Waals surface area contributed by atoms with E-state index in [1.807, 2.05) is 24.3 Å². The molecule has 4 heteroatoms. The molecule has 2 N–H and O–H groups in total. The van der Waals surface area contributed by atoms with Crippen LogP contribution in [0.1, 0.15) is 16.3 Å². The van der Waals surface area contributed by atoms with Crippen molar-refractivity contribution in [1.82, 2.24) is 4.98 Å². The highest BCUT2D eigenvalue weighted by Gasteiger charge is 2.02. The number of halogens is 1. The van der Waals surface area contributed by atoms with Crippen molar-refractivity contribution < 1.29 is 0 Å². The van der Waals surface area contributed by atoms with E-state index in [0.29, 0.717) is 6.54 Å². The molecule has 0 amide bonds. The van der Waals surface area contributed by atoms with Crippen LogP contribution >= 0.6 is 22.9 Å². The number of aromatic nitrogens is 1. The van der Waals surface area contributed by atoms with Gasteiger partial charge < -0.3 is 5.73 Å². The van der Waals surface area contributed by atoms with Gasteiger partial charge in [-0.2, -0.15) is 0 Å². The number of rotatable bonds is 4. The van der Waals surface area contributed by atoms with E-state index in [2.05, 4.69) is 10.4 Å². The van der Waals surface area contributed by atoms with Crippen molar-refractivity contribution in [3.05, 3.63) is 50.9 Å². The number of nitrogens with zero attached hydrogens (tertiary/aromatic N) is 1. The molecule has 0 saturated heterocycles. The third kappa shape index (κ3) is 3.04. The second kappa shape index (κ2) is 5.43. The van der Waals surface area contributed by atoms with Crippen LogP contribution in [-0.4, -0.2) is 11.5 Å². The van der Waals surface area contributed by atoms with Crippen LogP contribution in [0, 0.1) is 0 Å². The summed E-state index contributed by atoms with van der Waals surface area (Å²) in [5, 5.41) is 3.98. The van der Waals surface area contributed by atoms with Crippen molar-refractivity contribution in [2.75, 3.05) is 6.54 Å². The topological polar surface area (TPSA) is 38.9 Å². The van der Waals surface area contributed by atoms with Crippen molar-refractivity contribution in [2.24, 2.45) is 5.73 Å². The quantitative estimate of drug-likeness (QED) is 0.909. The molecule has 0 unspecified atom stereocenters. The van der Waals surface area contributed by atoms with E-state index in [4.69, 9.17) is 17.3 Å². The van der Waals surface area contributed by atoms with E-state index < -0.39 is 0 Å². The predicted octanol–water partition coefficient (Wildman–Crippen LogP) is 2.89. The first-order valence-electron chi connectivity index (χ1n) is 5.15. The summed E-state index contributed by atoms with van der Waals surface area (Å²) in [4.78, 5) is 4.52. The maximum atomic E-state index is 5.83. The highest BCUT2D eigenvalue weighted by molar-refractivity contribution is 7.09. The Morgan fingerprint density at radius 2 is 2.00 bits per heavy atom. The minimum Gasteiger partial charge on any atom is -0.330 e. The highest BCUT2D eigenvalue weighted by atomic mass is 35.5. The normalized spacial score (nSPS) is 10.6. The fraction of sp³-hybridized carbons (Fsp3) is 0.250. The SMILES string of the molecule is NCCc1csc(Cc2ccc(Cl)cc2)n1. The number of benzene rings is 1. The van der Waals surface area contributed by atoms with E-state index >= 15 is 0 Å². The van der Waals surface area contributed by atoms with Gasteiger partial charge in [0.25, 0.3) is 0 Å². The lowest BCUT2D eigenvalue weighted by Crippen LogP contribution is -2.02. The molecule has 0 aliphatic heterocycles. The molecule has 0 atom stereocenters. The summed E-state index contributed by atoms with van der Waals surface area (Å²) < 4.78 is 0. The van der Waals surface area contributed by atoms with E-state index in [1.165, 1.54) is 5.56 Å². The van der Waals surface area contributed by atoms with Crippen LogP contribution in [0.2, 0.25) is 5.02 Å². The molecule has 0 aliphatic carbocycles. The Bertz CT molecular complexity index is 450. The van der Waals surface area contributed by atoms with Gasteiger partial charge in [-0.1, -0.05) is 23.7 Å². The number of hydrogen-bond acceptors (Lipinski definition) is 3. The molecular weight excluding hydrogens is 240 g/mol. The molecule has 1 aromatic heterocycles. The van der Waals surface area contributed by atoms with Crippen LogP contribution in [-0.2, 0) is 12.8 Å². The first kappa shape index (κ1) is 11.6. The first-order chi connectivity index (χ1) is 7.78. The first-order valence-corrected chi connectivity index (χ1v) is 6.41. The largest absolute Gasteiger partial charge is 0.330 e. The van der Waals surface area contributed by atoms with Gasteiger partial charge in [0.1, 0.15) is 0 Å². The molecule has 0 saturated carbocycles. The van der Waals surface area contributed by atoms with Gasteiger partial charge in [0.05, 0.1) is 10.7 Å². The van der Waals surface area contributed by atoms with Crippen LogP contribution in [0.25, 0.3) is 0 Å². The third-order valence-electron chi connectivity index (χ3n) is 2.27. The second-order valence-electron chi connectivity index (χ2n) is 3.57. The molecule has 2 nitrogen and oxygen atoms in total. The molecule has 1 aromatic carbocycles. The third-order valence-corrected chi connectivity index (χ3v) is 3.42. The van der Waals surface area contributed by atoms with Gasteiger partial charge >= 0.3 is 0 Å². The monoisotopic (exact) mass is 252 g/mol. The van der Waals surface area contributed by atoms with Crippen molar-refractivity contribution in [1.29, 1.82) is 0 Å². The fourth-order valence-corrected chi connectivity index (χ4v) is 2.46. The Kier molecular flexibility index (Phi) is 3.93. The smallest absolute Gasteiger partial charge is 0.0972 e. The zero-order chi connectivity index (χ0) is 11.4. The molecule has 0 spiro atoms. The minimum atomic E-state index is 0.657. The molecular formula is C12H13ClN2S. The van der Waals surface area contributed by atoms with E-state index in [9.17, 15) is 0 Å². The van der Waals surface area contributed by atoms with E-state index in [-0.39, 0.29) is 0 Å².